The van der Waals surface area contributed by atoms with Gasteiger partial charge in [0.1, 0.15) is 0 Å². The van der Waals surface area contributed by atoms with Crippen LogP contribution in [-0.4, -0.2) is 10.5 Å². The Labute approximate surface area is 121 Å². The lowest BCUT2D eigenvalue weighted by molar-refractivity contribution is -0.116. The van der Waals surface area contributed by atoms with Crippen molar-refractivity contribution in [3.05, 3.63) is 58.0 Å². The van der Waals surface area contributed by atoms with Gasteiger partial charge in [0.2, 0.25) is 5.91 Å². The number of aryl methyl sites for hydroxylation is 1. The molecule has 0 atom stereocenters. The number of hydrogen-bond donors (Lipinski definition) is 2. The second-order valence-corrected chi connectivity index (χ2v) is 4.72. The van der Waals surface area contributed by atoms with E-state index >= 15 is 0 Å². The van der Waals surface area contributed by atoms with Gasteiger partial charge in [-0.1, -0.05) is 11.6 Å². The maximum Gasteiger partial charge on any atom is 0.226 e. The molecule has 5 nitrogen and oxygen atoms in total. The van der Waals surface area contributed by atoms with Gasteiger partial charge in [-0.15, -0.1) is 0 Å². The number of aromatic nitrogens is 1. The summed E-state index contributed by atoms with van der Waals surface area (Å²) < 4.78 is 1.77. The van der Waals surface area contributed by atoms with Crippen LogP contribution in [0.2, 0.25) is 5.02 Å². The minimum Gasteiger partial charge on any atom is -0.399 e. The first kappa shape index (κ1) is 14.1. The van der Waals surface area contributed by atoms with Gasteiger partial charge in [0.25, 0.3) is 0 Å². The SMILES string of the molecule is Nc1ccc(NC(=O)CCn2ccc(=O)cc2)c(Cl)c1. The zero-order valence-electron chi connectivity index (χ0n) is 10.7. The van der Waals surface area contributed by atoms with Crippen molar-refractivity contribution in [2.75, 3.05) is 11.1 Å². The van der Waals surface area contributed by atoms with E-state index < -0.39 is 0 Å². The van der Waals surface area contributed by atoms with Crippen molar-refractivity contribution in [1.29, 1.82) is 0 Å². The molecular weight excluding hydrogens is 278 g/mol. The molecule has 0 aliphatic carbocycles. The number of nitrogens with zero attached hydrogens (tertiary/aromatic N) is 1. The fourth-order valence-corrected chi connectivity index (χ4v) is 1.91. The summed E-state index contributed by atoms with van der Waals surface area (Å²) in [5.41, 5.74) is 6.60. The molecule has 0 unspecified atom stereocenters. The highest BCUT2D eigenvalue weighted by Gasteiger charge is 2.06. The third-order valence-corrected chi connectivity index (χ3v) is 3.04. The van der Waals surface area contributed by atoms with E-state index in [1.807, 2.05) is 0 Å². The molecule has 0 saturated carbocycles. The predicted molar refractivity (Wildman–Crippen MR) is 79.8 cm³/mol. The smallest absolute Gasteiger partial charge is 0.226 e. The fourth-order valence-electron chi connectivity index (χ4n) is 1.67. The van der Waals surface area contributed by atoms with Crippen LogP contribution < -0.4 is 16.5 Å². The number of amides is 1. The van der Waals surface area contributed by atoms with Crippen LogP contribution >= 0.6 is 11.6 Å². The topological polar surface area (TPSA) is 77.1 Å². The summed E-state index contributed by atoms with van der Waals surface area (Å²) in [5.74, 6) is -0.157. The Morgan fingerprint density at radius 1 is 1.25 bits per heavy atom. The second-order valence-electron chi connectivity index (χ2n) is 4.31. The molecule has 0 aliphatic heterocycles. The van der Waals surface area contributed by atoms with Crippen LogP contribution in [0, 0.1) is 0 Å². The summed E-state index contributed by atoms with van der Waals surface area (Å²) in [6.07, 6.45) is 3.57. The number of rotatable bonds is 4. The summed E-state index contributed by atoms with van der Waals surface area (Å²) in [5, 5.41) is 3.12. The summed E-state index contributed by atoms with van der Waals surface area (Å²) in [6, 6.07) is 7.82. The quantitative estimate of drug-likeness (QED) is 0.847. The molecule has 1 aromatic heterocycles. The summed E-state index contributed by atoms with van der Waals surface area (Å²) in [4.78, 5) is 22.8. The Balaban J connectivity index is 1.92. The van der Waals surface area contributed by atoms with Gasteiger partial charge < -0.3 is 15.6 Å². The maximum atomic E-state index is 11.8. The van der Waals surface area contributed by atoms with Gasteiger partial charge in [-0.2, -0.15) is 0 Å². The molecule has 104 valence electrons. The first-order valence-electron chi connectivity index (χ1n) is 6.05. The Hall–Kier alpha value is -2.27. The van der Waals surface area contributed by atoms with Gasteiger partial charge in [0.15, 0.2) is 5.43 Å². The van der Waals surface area contributed by atoms with Gasteiger partial charge in [-0.3, -0.25) is 9.59 Å². The van der Waals surface area contributed by atoms with E-state index in [0.717, 1.165) is 0 Å². The lowest BCUT2D eigenvalue weighted by atomic mass is 10.2. The maximum absolute atomic E-state index is 11.8. The highest BCUT2D eigenvalue weighted by atomic mass is 35.5. The van der Waals surface area contributed by atoms with Gasteiger partial charge in [-0.25, -0.2) is 0 Å². The first-order chi connectivity index (χ1) is 9.54. The van der Waals surface area contributed by atoms with Gasteiger partial charge in [0, 0.05) is 43.2 Å². The molecule has 0 spiro atoms. The summed E-state index contributed by atoms with van der Waals surface area (Å²) in [7, 11) is 0. The molecule has 1 heterocycles. The van der Waals surface area contributed by atoms with Crippen molar-refractivity contribution in [1.82, 2.24) is 4.57 Å². The zero-order valence-corrected chi connectivity index (χ0v) is 11.4. The largest absolute Gasteiger partial charge is 0.399 e. The number of anilines is 2. The summed E-state index contributed by atoms with van der Waals surface area (Å²) >= 11 is 5.97. The number of nitrogens with two attached hydrogens (primary N) is 1. The molecule has 2 aromatic rings. The van der Waals surface area contributed by atoms with Crippen LogP contribution in [0.4, 0.5) is 11.4 Å². The third kappa shape index (κ3) is 3.86. The van der Waals surface area contributed by atoms with Crippen LogP contribution in [-0.2, 0) is 11.3 Å². The number of hydrogen-bond acceptors (Lipinski definition) is 3. The van der Waals surface area contributed by atoms with Crippen molar-refractivity contribution in [3.8, 4) is 0 Å². The van der Waals surface area contributed by atoms with Crippen molar-refractivity contribution in [2.24, 2.45) is 0 Å². The molecule has 0 radical (unpaired) electrons. The summed E-state index contributed by atoms with van der Waals surface area (Å²) in [6.45, 7) is 0.485. The normalized spacial score (nSPS) is 10.2. The molecule has 0 bridgehead atoms. The standard InChI is InChI=1S/C14H14ClN3O2/c15-12-9-10(16)1-2-13(12)17-14(20)5-8-18-6-3-11(19)4-7-18/h1-4,6-7,9H,5,8,16H2,(H,17,20). The Morgan fingerprint density at radius 2 is 1.95 bits per heavy atom. The number of carbonyl (C=O) groups is 1. The van der Waals surface area contributed by atoms with Crippen molar-refractivity contribution >= 4 is 28.9 Å². The highest BCUT2D eigenvalue weighted by molar-refractivity contribution is 6.34. The van der Waals surface area contributed by atoms with Crippen LogP contribution in [0.1, 0.15) is 6.42 Å². The molecule has 1 aromatic carbocycles. The first-order valence-corrected chi connectivity index (χ1v) is 6.43. The Kier molecular flexibility index (Phi) is 4.42. The van der Waals surface area contributed by atoms with Crippen molar-refractivity contribution < 1.29 is 4.79 Å². The van der Waals surface area contributed by atoms with Gasteiger partial charge in [-0.05, 0) is 18.2 Å². The van der Waals surface area contributed by atoms with Crippen LogP contribution in [0.5, 0.6) is 0 Å². The molecule has 0 aliphatic rings. The van der Waals surface area contributed by atoms with Crippen LogP contribution in [0.15, 0.2) is 47.5 Å². The number of nitrogen functional groups attached to an aromatic ring is 1. The molecule has 6 heteroatoms. The average Bonchev–Trinajstić information content (AvgIpc) is 2.41. The van der Waals surface area contributed by atoms with E-state index in [1.165, 1.54) is 12.1 Å². The molecule has 20 heavy (non-hydrogen) atoms. The van der Waals surface area contributed by atoms with Crippen LogP contribution in [0.3, 0.4) is 0 Å². The van der Waals surface area contributed by atoms with E-state index in [4.69, 9.17) is 17.3 Å². The van der Waals surface area contributed by atoms with Crippen molar-refractivity contribution in [2.45, 2.75) is 13.0 Å². The van der Waals surface area contributed by atoms with E-state index in [1.54, 1.807) is 35.2 Å². The lowest BCUT2D eigenvalue weighted by Crippen LogP contribution is -2.15. The Bertz CT molecular complexity index is 662. The van der Waals surface area contributed by atoms with E-state index in [-0.39, 0.29) is 17.8 Å². The fraction of sp³-hybridized carbons (Fsp3) is 0.143. The molecule has 1 amide bonds. The lowest BCUT2D eigenvalue weighted by Gasteiger charge is -2.09. The number of carbonyl (C=O) groups excluding carboxylic acids is 1. The number of halogens is 1. The Morgan fingerprint density at radius 3 is 2.60 bits per heavy atom. The molecular formula is C14H14ClN3O2. The number of nitrogens with one attached hydrogen (secondary N) is 1. The van der Waals surface area contributed by atoms with Gasteiger partial charge in [0.05, 0.1) is 10.7 Å². The monoisotopic (exact) mass is 291 g/mol. The van der Waals surface area contributed by atoms with Crippen LogP contribution in [0.25, 0.3) is 0 Å². The van der Waals surface area contributed by atoms with Gasteiger partial charge >= 0.3 is 0 Å². The number of pyridine rings is 1. The zero-order chi connectivity index (χ0) is 14.5. The predicted octanol–water partition coefficient (Wildman–Crippen LogP) is 2.11. The third-order valence-electron chi connectivity index (χ3n) is 2.72. The minimum absolute atomic E-state index is 0.0562. The molecule has 2 rings (SSSR count). The van der Waals surface area contributed by atoms with E-state index in [0.29, 0.717) is 22.9 Å². The number of benzene rings is 1. The molecule has 0 fully saturated rings. The van der Waals surface area contributed by atoms with E-state index in [9.17, 15) is 9.59 Å². The molecule has 3 N–H and O–H groups in total. The second kappa shape index (κ2) is 6.25. The minimum atomic E-state index is -0.157. The highest BCUT2D eigenvalue weighted by Crippen LogP contribution is 2.24. The average molecular weight is 292 g/mol. The van der Waals surface area contributed by atoms with E-state index in [2.05, 4.69) is 5.32 Å². The van der Waals surface area contributed by atoms with Crippen molar-refractivity contribution in [3.63, 3.8) is 0 Å². The molecule has 0 saturated heterocycles.